The second-order valence-electron chi connectivity index (χ2n) is 4.84. The van der Waals surface area contributed by atoms with E-state index in [9.17, 15) is 5.11 Å². The Bertz CT molecular complexity index is 528. The van der Waals surface area contributed by atoms with E-state index >= 15 is 0 Å². The summed E-state index contributed by atoms with van der Waals surface area (Å²) in [5.74, 6) is 0. The maximum atomic E-state index is 9.56. The number of aliphatic hydroxyl groups excluding tert-OH is 1. The summed E-state index contributed by atoms with van der Waals surface area (Å²) < 4.78 is 1.99. The molecule has 5 nitrogen and oxygen atoms in total. The summed E-state index contributed by atoms with van der Waals surface area (Å²) in [6, 6.07) is 0. The predicted octanol–water partition coefficient (Wildman–Crippen LogP) is 0.818. The molecule has 2 heterocycles. The van der Waals surface area contributed by atoms with Crippen molar-refractivity contribution in [2.75, 3.05) is 0 Å². The molecule has 0 saturated heterocycles. The smallest absolute Gasteiger partial charge is 0.155 e. The van der Waals surface area contributed by atoms with Crippen LogP contribution in [0.3, 0.4) is 0 Å². The third-order valence-electron chi connectivity index (χ3n) is 3.67. The van der Waals surface area contributed by atoms with Gasteiger partial charge >= 0.3 is 0 Å². The average Bonchev–Trinajstić information content (AvgIpc) is 2.78. The highest BCUT2D eigenvalue weighted by Crippen LogP contribution is 2.34. The fourth-order valence-electron chi connectivity index (χ4n) is 2.58. The van der Waals surface area contributed by atoms with Crippen molar-refractivity contribution in [3.8, 4) is 0 Å². The second-order valence-corrected chi connectivity index (χ2v) is 4.84. The van der Waals surface area contributed by atoms with Gasteiger partial charge in [0, 0.05) is 12.4 Å². The quantitative estimate of drug-likeness (QED) is 0.763. The summed E-state index contributed by atoms with van der Waals surface area (Å²) in [7, 11) is 0. The van der Waals surface area contributed by atoms with Crippen molar-refractivity contribution in [2.24, 2.45) is 5.73 Å². The normalized spacial score (nSPS) is 29.6. The molecule has 0 aromatic carbocycles. The summed E-state index contributed by atoms with van der Waals surface area (Å²) in [4.78, 5) is 8.36. The minimum atomic E-state index is -0.375. The number of nitrogens with zero attached hydrogens (tertiary/aromatic N) is 3. The minimum absolute atomic E-state index is 0.201. The molecule has 5 heteroatoms. The topological polar surface area (TPSA) is 76.4 Å². The van der Waals surface area contributed by atoms with Gasteiger partial charge in [-0.1, -0.05) is 0 Å². The molecule has 0 unspecified atom stereocenters. The van der Waals surface area contributed by atoms with Gasteiger partial charge < -0.3 is 10.8 Å². The largest absolute Gasteiger partial charge is 0.393 e. The molecule has 2 aromatic heterocycles. The van der Waals surface area contributed by atoms with Gasteiger partial charge in [-0.25, -0.2) is 4.98 Å². The second kappa shape index (κ2) is 3.78. The predicted molar refractivity (Wildman–Crippen MR) is 63.3 cm³/mol. The molecule has 1 fully saturated rings. The van der Waals surface area contributed by atoms with Crippen molar-refractivity contribution < 1.29 is 5.11 Å². The van der Waals surface area contributed by atoms with Crippen LogP contribution in [0.5, 0.6) is 0 Å². The lowest BCUT2D eigenvalue weighted by Gasteiger charge is -2.35. The van der Waals surface area contributed by atoms with E-state index in [-0.39, 0.29) is 11.6 Å². The number of hydrogen-bond acceptors (Lipinski definition) is 4. The summed E-state index contributed by atoms with van der Waals surface area (Å²) >= 11 is 0. The van der Waals surface area contributed by atoms with Crippen LogP contribution in [-0.4, -0.2) is 25.6 Å². The summed E-state index contributed by atoms with van der Waals surface area (Å²) in [5.41, 5.74) is 7.92. The van der Waals surface area contributed by atoms with E-state index in [1.807, 2.05) is 16.8 Å². The van der Waals surface area contributed by atoms with E-state index < -0.39 is 0 Å². The molecular formula is C12H16N4O. The fourth-order valence-corrected chi connectivity index (χ4v) is 2.58. The van der Waals surface area contributed by atoms with Crippen molar-refractivity contribution >= 4 is 5.65 Å². The maximum absolute atomic E-state index is 9.56. The van der Waals surface area contributed by atoms with E-state index in [2.05, 4.69) is 9.97 Å². The molecule has 2 aromatic rings. The zero-order chi connectivity index (χ0) is 11.9. The molecule has 1 aliphatic rings. The van der Waals surface area contributed by atoms with Crippen LogP contribution in [0.4, 0.5) is 0 Å². The van der Waals surface area contributed by atoms with Crippen LogP contribution in [0.2, 0.25) is 0 Å². The molecule has 3 rings (SSSR count). The maximum Gasteiger partial charge on any atom is 0.155 e. The Morgan fingerprint density at radius 2 is 2.12 bits per heavy atom. The van der Waals surface area contributed by atoms with Gasteiger partial charge in [0.05, 0.1) is 29.7 Å². The van der Waals surface area contributed by atoms with Crippen LogP contribution in [0.25, 0.3) is 5.65 Å². The Labute approximate surface area is 99.3 Å². The monoisotopic (exact) mass is 232 g/mol. The number of fused-ring (bicyclic) bond motifs is 1. The lowest BCUT2D eigenvalue weighted by atomic mass is 9.79. The molecular weight excluding hydrogens is 216 g/mol. The molecule has 17 heavy (non-hydrogen) atoms. The van der Waals surface area contributed by atoms with Crippen LogP contribution in [0, 0.1) is 0 Å². The first kappa shape index (κ1) is 10.7. The van der Waals surface area contributed by atoms with Gasteiger partial charge in [0.2, 0.25) is 0 Å². The number of hydrogen-bond donors (Lipinski definition) is 2. The van der Waals surface area contributed by atoms with Crippen molar-refractivity contribution in [3.05, 3.63) is 30.5 Å². The molecule has 3 N–H and O–H groups in total. The lowest BCUT2D eigenvalue weighted by Crippen LogP contribution is -2.42. The van der Waals surface area contributed by atoms with E-state index in [0.717, 1.165) is 37.0 Å². The first-order valence-electron chi connectivity index (χ1n) is 5.93. The zero-order valence-corrected chi connectivity index (χ0v) is 9.58. The van der Waals surface area contributed by atoms with Crippen molar-refractivity contribution in [1.82, 2.24) is 14.4 Å². The van der Waals surface area contributed by atoms with Crippen LogP contribution < -0.4 is 5.73 Å². The van der Waals surface area contributed by atoms with Crippen LogP contribution in [0.15, 0.2) is 24.8 Å². The molecule has 0 atom stereocenters. The molecule has 1 aliphatic carbocycles. The van der Waals surface area contributed by atoms with E-state index in [4.69, 9.17) is 5.73 Å². The third-order valence-corrected chi connectivity index (χ3v) is 3.67. The molecule has 0 radical (unpaired) electrons. The van der Waals surface area contributed by atoms with Gasteiger partial charge in [-0.3, -0.25) is 9.38 Å². The van der Waals surface area contributed by atoms with E-state index in [1.54, 1.807) is 12.4 Å². The number of aromatic nitrogens is 3. The number of imidazole rings is 1. The number of rotatable bonds is 1. The Hall–Kier alpha value is -1.46. The Morgan fingerprint density at radius 1 is 1.35 bits per heavy atom. The lowest BCUT2D eigenvalue weighted by molar-refractivity contribution is 0.0953. The van der Waals surface area contributed by atoms with Gasteiger partial charge in [0.15, 0.2) is 5.65 Å². The van der Waals surface area contributed by atoms with Gasteiger partial charge in [-0.2, -0.15) is 0 Å². The molecule has 0 amide bonds. The number of nitrogens with two attached hydrogens (primary N) is 1. The van der Waals surface area contributed by atoms with Crippen LogP contribution in [-0.2, 0) is 5.54 Å². The highest BCUT2D eigenvalue weighted by molar-refractivity contribution is 5.39. The van der Waals surface area contributed by atoms with E-state index in [1.165, 1.54) is 0 Å². The molecule has 0 spiro atoms. The Balaban J connectivity index is 2.03. The van der Waals surface area contributed by atoms with Gasteiger partial charge in [0.1, 0.15) is 0 Å². The minimum Gasteiger partial charge on any atom is -0.393 e. The van der Waals surface area contributed by atoms with Crippen molar-refractivity contribution in [3.63, 3.8) is 0 Å². The molecule has 90 valence electrons. The highest BCUT2D eigenvalue weighted by atomic mass is 16.3. The summed E-state index contributed by atoms with van der Waals surface area (Å²) in [6.45, 7) is 0. The highest BCUT2D eigenvalue weighted by Gasteiger charge is 2.34. The zero-order valence-electron chi connectivity index (χ0n) is 9.58. The Morgan fingerprint density at radius 3 is 2.88 bits per heavy atom. The van der Waals surface area contributed by atoms with Crippen LogP contribution >= 0.6 is 0 Å². The fraction of sp³-hybridized carbons (Fsp3) is 0.500. The van der Waals surface area contributed by atoms with Crippen molar-refractivity contribution in [2.45, 2.75) is 37.3 Å². The van der Waals surface area contributed by atoms with Crippen molar-refractivity contribution in [1.29, 1.82) is 0 Å². The SMILES string of the molecule is NC1(c2cnc3cnccn23)CCC(O)CC1. The van der Waals surface area contributed by atoms with Gasteiger partial charge in [-0.15, -0.1) is 0 Å². The number of aliphatic hydroxyl groups is 1. The van der Waals surface area contributed by atoms with Gasteiger partial charge in [0.25, 0.3) is 0 Å². The van der Waals surface area contributed by atoms with E-state index in [0.29, 0.717) is 0 Å². The first-order chi connectivity index (χ1) is 8.19. The molecule has 0 aliphatic heterocycles. The first-order valence-corrected chi connectivity index (χ1v) is 5.93. The Kier molecular flexibility index (Phi) is 2.38. The summed E-state index contributed by atoms with van der Waals surface area (Å²) in [5, 5.41) is 9.56. The molecule has 0 bridgehead atoms. The summed E-state index contributed by atoms with van der Waals surface area (Å²) in [6.07, 6.45) is 10.1. The molecule has 1 saturated carbocycles. The van der Waals surface area contributed by atoms with Gasteiger partial charge in [-0.05, 0) is 25.7 Å². The standard InChI is InChI=1S/C12H16N4O/c13-12(3-1-9(17)2-4-12)10-7-15-11-8-14-5-6-16(10)11/h5-9,17H,1-4,13H2. The average molecular weight is 232 g/mol. The van der Waals surface area contributed by atoms with Crippen LogP contribution in [0.1, 0.15) is 31.4 Å². The third kappa shape index (κ3) is 1.71.